The molecule has 0 aliphatic heterocycles. The average molecular weight is 112 g/mol. The normalized spacial score (nSPS) is 14.9. The van der Waals surface area contributed by atoms with Crippen molar-refractivity contribution in [3.05, 3.63) is 12.2 Å². The predicted octanol–water partition coefficient (Wildman–Crippen LogP) is 3.00. The molecule has 8 heavy (non-hydrogen) atoms. The van der Waals surface area contributed by atoms with Crippen molar-refractivity contribution in [3.8, 4) is 0 Å². The Labute approximate surface area is 52.6 Å². The van der Waals surface area contributed by atoms with Gasteiger partial charge in [-0.15, -0.1) is 0 Å². The Bertz CT molecular complexity index is 62.4. The topological polar surface area (TPSA) is 0 Å². The molecular formula is C8H16. The first-order valence-corrected chi connectivity index (χ1v) is 3.42. The number of allylic oxidation sites excluding steroid dienone is 2. The molecule has 0 saturated carbocycles. The standard InChI is InChI=1S/C8H16/c1-4-6-7-8(3)5-2/h4,6,8H,5,7H2,1-3H3/t8-/m1/s1. The van der Waals surface area contributed by atoms with Crippen molar-refractivity contribution in [2.45, 2.75) is 33.6 Å². The molecule has 0 saturated heterocycles. The summed E-state index contributed by atoms with van der Waals surface area (Å²) in [6.07, 6.45) is 6.89. The summed E-state index contributed by atoms with van der Waals surface area (Å²) in [6, 6.07) is 0. The van der Waals surface area contributed by atoms with Crippen LogP contribution >= 0.6 is 0 Å². The first kappa shape index (κ1) is 7.74. The van der Waals surface area contributed by atoms with Crippen molar-refractivity contribution < 1.29 is 0 Å². The molecule has 0 aromatic rings. The van der Waals surface area contributed by atoms with Crippen molar-refractivity contribution in [1.29, 1.82) is 0 Å². The van der Waals surface area contributed by atoms with Crippen LogP contribution in [0.2, 0.25) is 0 Å². The second-order valence-corrected chi connectivity index (χ2v) is 2.32. The minimum Gasteiger partial charge on any atom is -0.0917 e. The largest absolute Gasteiger partial charge is 0.0917 e. The summed E-state index contributed by atoms with van der Waals surface area (Å²) in [4.78, 5) is 0. The summed E-state index contributed by atoms with van der Waals surface area (Å²) in [5, 5.41) is 0. The number of hydrogen-bond donors (Lipinski definition) is 0. The Kier molecular flexibility index (Phi) is 4.73. The lowest BCUT2D eigenvalue weighted by molar-refractivity contribution is 0.572. The van der Waals surface area contributed by atoms with Crippen molar-refractivity contribution >= 4 is 0 Å². The van der Waals surface area contributed by atoms with Crippen LogP contribution < -0.4 is 0 Å². The fraction of sp³-hybridized carbons (Fsp3) is 0.750. The first-order valence-electron chi connectivity index (χ1n) is 3.42. The Balaban J connectivity index is 3.10. The Morgan fingerprint density at radius 2 is 2.12 bits per heavy atom. The van der Waals surface area contributed by atoms with Crippen molar-refractivity contribution in [1.82, 2.24) is 0 Å². The van der Waals surface area contributed by atoms with Gasteiger partial charge >= 0.3 is 0 Å². The van der Waals surface area contributed by atoms with Crippen molar-refractivity contribution in [3.63, 3.8) is 0 Å². The van der Waals surface area contributed by atoms with E-state index in [4.69, 9.17) is 0 Å². The van der Waals surface area contributed by atoms with Crippen LogP contribution in [0.25, 0.3) is 0 Å². The van der Waals surface area contributed by atoms with Crippen LogP contribution in [-0.4, -0.2) is 0 Å². The van der Waals surface area contributed by atoms with Crippen molar-refractivity contribution in [2.75, 3.05) is 0 Å². The number of rotatable bonds is 3. The van der Waals surface area contributed by atoms with Gasteiger partial charge in [0.05, 0.1) is 0 Å². The minimum atomic E-state index is 0.867. The third-order valence-electron chi connectivity index (χ3n) is 1.47. The van der Waals surface area contributed by atoms with Crippen LogP contribution in [0, 0.1) is 5.92 Å². The molecule has 48 valence electrons. The molecule has 0 spiro atoms. The molecular weight excluding hydrogens is 96.1 g/mol. The molecule has 0 aliphatic carbocycles. The van der Waals surface area contributed by atoms with Gasteiger partial charge < -0.3 is 0 Å². The van der Waals surface area contributed by atoms with E-state index in [0.29, 0.717) is 0 Å². The molecule has 0 rings (SSSR count). The van der Waals surface area contributed by atoms with E-state index in [9.17, 15) is 0 Å². The molecule has 0 aliphatic rings. The summed E-state index contributed by atoms with van der Waals surface area (Å²) >= 11 is 0. The molecule has 0 fully saturated rings. The van der Waals surface area contributed by atoms with Gasteiger partial charge in [-0.1, -0.05) is 32.4 Å². The Hall–Kier alpha value is -0.260. The van der Waals surface area contributed by atoms with E-state index < -0.39 is 0 Å². The highest BCUT2D eigenvalue weighted by atomic mass is 14.0. The highest BCUT2D eigenvalue weighted by Crippen LogP contribution is 2.05. The molecule has 0 nitrogen and oxygen atoms in total. The number of hydrogen-bond acceptors (Lipinski definition) is 0. The van der Waals surface area contributed by atoms with Crippen LogP contribution in [0.15, 0.2) is 12.2 Å². The summed E-state index contributed by atoms with van der Waals surface area (Å²) in [5.41, 5.74) is 0. The Morgan fingerprint density at radius 1 is 1.50 bits per heavy atom. The van der Waals surface area contributed by atoms with Gasteiger partial charge in [-0.2, -0.15) is 0 Å². The zero-order chi connectivity index (χ0) is 6.41. The second-order valence-electron chi connectivity index (χ2n) is 2.32. The van der Waals surface area contributed by atoms with Crippen LogP contribution in [0.5, 0.6) is 0 Å². The average Bonchev–Trinajstić information content (AvgIpc) is 1.83. The SMILES string of the molecule is CC=CC[C@H](C)CC. The fourth-order valence-electron chi connectivity index (χ4n) is 0.535. The van der Waals surface area contributed by atoms with E-state index in [1.807, 2.05) is 0 Å². The van der Waals surface area contributed by atoms with Crippen LogP contribution in [0.3, 0.4) is 0 Å². The maximum atomic E-state index is 2.28. The van der Waals surface area contributed by atoms with Gasteiger partial charge in [0.25, 0.3) is 0 Å². The predicted molar refractivity (Wildman–Crippen MR) is 38.9 cm³/mol. The van der Waals surface area contributed by atoms with Gasteiger partial charge in [0.2, 0.25) is 0 Å². The molecule has 0 radical (unpaired) electrons. The van der Waals surface area contributed by atoms with Gasteiger partial charge in [-0.3, -0.25) is 0 Å². The smallest absolute Gasteiger partial charge is 0.0325 e. The quantitative estimate of drug-likeness (QED) is 0.492. The molecule has 0 amide bonds. The minimum absolute atomic E-state index is 0.867. The molecule has 1 atom stereocenters. The summed E-state index contributed by atoms with van der Waals surface area (Å²) < 4.78 is 0. The van der Waals surface area contributed by atoms with E-state index in [1.165, 1.54) is 12.8 Å². The maximum absolute atomic E-state index is 2.28. The van der Waals surface area contributed by atoms with Crippen molar-refractivity contribution in [2.24, 2.45) is 5.92 Å². The van der Waals surface area contributed by atoms with Crippen LogP contribution in [0.1, 0.15) is 33.6 Å². The van der Waals surface area contributed by atoms with E-state index in [2.05, 4.69) is 32.9 Å². The molecule has 0 unspecified atom stereocenters. The van der Waals surface area contributed by atoms with E-state index in [1.54, 1.807) is 0 Å². The van der Waals surface area contributed by atoms with Gasteiger partial charge in [-0.05, 0) is 19.3 Å². The highest BCUT2D eigenvalue weighted by Gasteiger charge is 1.91. The molecule has 0 aromatic carbocycles. The maximum Gasteiger partial charge on any atom is -0.0325 e. The molecule has 0 heteroatoms. The van der Waals surface area contributed by atoms with E-state index in [-0.39, 0.29) is 0 Å². The second kappa shape index (κ2) is 4.89. The van der Waals surface area contributed by atoms with Gasteiger partial charge in [0.1, 0.15) is 0 Å². The third-order valence-corrected chi connectivity index (χ3v) is 1.47. The zero-order valence-electron chi connectivity index (χ0n) is 6.15. The van der Waals surface area contributed by atoms with Gasteiger partial charge in [0.15, 0.2) is 0 Å². The molecule has 0 bridgehead atoms. The lowest BCUT2D eigenvalue weighted by Gasteiger charge is -2.00. The van der Waals surface area contributed by atoms with Gasteiger partial charge in [-0.25, -0.2) is 0 Å². The summed E-state index contributed by atoms with van der Waals surface area (Å²) in [6.45, 7) is 6.58. The molecule has 0 N–H and O–H groups in total. The summed E-state index contributed by atoms with van der Waals surface area (Å²) in [5.74, 6) is 0.867. The molecule has 0 aromatic heterocycles. The third kappa shape index (κ3) is 3.91. The Morgan fingerprint density at radius 3 is 2.50 bits per heavy atom. The summed E-state index contributed by atoms with van der Waals surface area (Å²) in [7, 11) is 0. The fourth-order valence-corrected chi connectivity index (χ4v) is 0.535. The van der Waals surface area contributed by atoms with Crippen LogP contribution in [-0.2, 0) is 0 Å². The monoisotopic (exact) mass is 112 g/mol. The van der Waals surface area contributed by atoms with Gasteiger partial charge in [0, 0.05) is 0 Å². The lowest BCUT2D eigenvalue weighted by Crippen LogP contribution is -1.86. The first-order chi connectivity index (χ1) is 3.81. The van der Waals surface area contributed by atoms with E-state index >= 15 is 0 Å². The highest BCUT2D eigenvalue weighted by molar-refractivity contribution is 4.78. The lowest BCUT2D eigenvalue weighted by atomic mass is 10.1. The zero-order valence-corrected chi connectivity index (χ0v) is 6.15. The van der Waals surface area contributed by atoms with Crippen LogP contribution in [0.4, 0.5) is 0 Å². The van der Waals surface area contributed by atoms with E-state index in [0.717, 1.165) is 5.92 Å². The molecule has 0 heterocycles.